The minimum atomic E-state index is 0.698. The number of benzene rings is 1. The Labute approximate surface area is 158 Å². The number of hydrogen-bond donors (Lipinski definition) is 2. The van der Waals surface area contributed by atoms with Gasteiger partial charge in [0.25, 0.3) is 0 Å². The van der Waals surface area contributed by atoms with Crippen LogP contribution < -0.4 is 10.6 Å². The Balaban J connectivity index is 1.60. The van der Waals surface area contributed by atoms with Gasteiger partial charge in [0, 0.05) is 36.3 Å². The highest BCUT2D eigenvalue weighted by atomic mass is 32.1. The minimum Gasteiger partial charge on any atom is -0.356 e. The van der Waals surface area contributed by atoms with Crippen molar-refractivity contribution >= 4 is 17.3 Å². The SMILES string of the molecule is CN=C(NCCc1cccs1)NCc1c(C)nn(-c2ccccc2)c1C. The molecule has 0 aliphatic heterocycles. The molecular weight excluding hydrogens is 342 g/mol. The van der Waals surface area contributed by atoms with Crippen molar-refractivity contribution in [3.05, 3.63) is 69.7 Å². The molecule has 0 atom stereocenters. The third kappa shape index (κ3) is 4.32. The van der Waals surface area contributed by atoms with Gasteiger partial charge in [-0.3, -0.25) is 4.99 Å². The van der Waals surface area contributed by atoms with Crippen LogP contribution in [0.25, 0.3) is 5.69 Å². The maximum absolute atomic E-state index is 4.70. The quantitative estimate of drug-likeness (QED) is 0.518. The monoisotopic (exact) mass is 367 g/mol. The van der Waals surface area contributed by atoms with Gasteiger partial charge in [0.05, 0.1) is 11.4 Å². The molecule has 0 spiro atoms. The van der Waals surface area contributed by atoms with Crippen LogP contribution in [0.1, 0.15) is 21.8 Å². The summed E-state index contributed by atoms with van der Waals surface area (Å²) in [7, 11) is 1.80. The van der Waals surface area contributed by atoms with Crippen LogP contribution in [0, 0.1) is 13.8 Å². The number of aliphatic imine (C=N–C) groups is 1. The standard InChI is InChI=1S/C20H25N5S/c1-15-19(16(2)25(24-15)17-8-5-4-6-9-17)14-23-20(21-3)22-12-11-18-10-7-13-26-18/h4-10,13H,11-12,14H2,1-3H3,(H2,21,22,23). The fraction of sp³-hybridized carbons (Fsp3) is 0.300. The van der Waals surface area contributed by atoms with Crippen molar-refractivity contribution < 1.29 is 0 Å². The van der Waals surface area contributed by atoms with Gasteiger partial charge in [-0.15, -0.1) is 11.3 Å². The molecule has 1 aromatic carbocycles. The highest BCUT2D eigenvalue weighted by molar-refractivity contribution is 7.09. The zero-order chi connectivity index (χ0) is 18.4. The summed E-state index contributed by atoms with van der Waals surface area (Å²) >= 11 is 1.79. The number of nitrogens with one attached hydrogen (secondary N) is 2. The first kappa shape index (κ1) is 18.2. The van der Waals surface area contributed by atoms with Crippen LogP contribution in [-0.2, 0) is 13.0 Å². The molecule has 0 fully saturated rings. The first-order valence-corrected chi connectivity index (χ1v) is 9.64. The third-order valence-corrected chi connectivity index (χ3v) is 5.28. The molecule has 26 heavy (non-hydrogen) atoms. The van der Waals surface area contributed by atoms with Crippen LogP contribution in [0.2, 0.25) is 0 Å². The van der Waals surface area contributed by atoms with E-state index in [9.17, 15) is 0 Å². The van der Waals surface area contributed by atoms with E-state index in [1.54, 1.807) is 18.4 Å². The Bertz CT molecular complexity index is 850. The van der Waals surface area contributed by atoms with Gasteiger partial charge in [0.2, 0.25) is 0 Å². The molecule has 136 valence electrons. The molecule has 0 saturated heterocycles. The number of para-hydroxylation sites is 1. The molecule has 0 bridgehead atoms. The average Bonchev–Trinajstić information content (AvgIpc) is 3.27. The number of aromatic nitrogens is 2. The Morgan fingerprint density at radius 3 is 2.62 bits per heavy atom. The summed E-state index contributed by atoms with van der Waals surface area (Å²) < 4.78 is 2.00. The van der Waals surface area contributed by atoms with Crippen molar-refractivity contribution in [3.63, 3.8) is 0 Å². The van der Waals surface area contributed by atoms with Crippen LogP contribution in [0.4, 0.5) is 0 Å². The van der Waals surface area contributed by atoms with Crippen LogP contribution in [0.5, 0.6) is 0 Å². The topological polar surface area (TPSA) is 54.2 Å². The number of aryl methyl sites for hydroxylation is 1. The zero-order valence-electron chi connectivity index (χ0n) is 15.5. The van der Waals surface area contributed by atoms with Crippen molar-refractivity contribution in [2.75, 3.05) is 13.6 Å². The van der Waals surface area contributed by atoms with Gasteiger partial charge in [-0.2, -0.15) is 5.10 Å². The van der Waals surface area contributed by atoms with E-state index >= 15 is 0 Å². The van der Waals surface area contributed by atoms with E-state index < -0.39 is 0 Å². The van der Waals surface area contributed by atoms with E-state index in [0.29, 0.717) is 6.54 Å². The number of rotatable bonds is 6. The van der Waals surface area contributed by atoms with Crippen LogP contribution in [0.15, 0.2) is 52.8 Å². The largest absolute Gasteiger partial charge is 0.356 e. The number of thiophene rings is 1. The summed E-state index contributed by atoms with van der Waals surface area (Å²) in [5.41, 5.74) is 4.47. The number of hydrogen-bond acceptors (Lipinski definition) is 3. The molecule has 3 rings (SSSR count). The zero-order valence-corrected chi connectivity index (χ0v) is 16.3. The van der Waals surface area contributed by atoms with Gasteiger partial charge >= 0.3 is 0 Å². The summed E-state index contributed by atoms with van der Waals surface area (Å²) in [5, 5.41) is 13.6. The second-order valence-corrected chi connectivity index (χ2v) is 7.11. The lowest BCUT2D eigenvalue weighted by atomic mass is 10.2. The smallest absolute Gasteiger partial charge is 0.191 e. The third-order valence-electron chi connectivity index (χ3n) is 4.34. The van der Waals surface area contributed by atoms with E-state index in [4.69, 9.17) is 5.10 Å². The number of guanidine groups is 1. The molecule has 0 amide bonds. The summed E-state index contributed by atoms with van der Waals surface area (Å²) in [6.07, 6.45) is 1.00. The van der Waals surface area contributed by atoms with E-state index in [1.807, 2.05) is 22.9 Å². The average molecular weight is 368 g/mol. The molecule has 0 saturated carbocycles. The lowest BCUT2D eigenvalue weighted by molar-refractivity contribution is 0.792. The van der Waals surface area contributed by atoms with Crippen molar-refractivity contribution in [3.8, 4) is 5.69 Å². The first-order valence-electron chi connectivity index (χ1n) is 8.76. The van der Waals surface area contributed by atoms with Gasteiger partial charge in [0.15, 0.2) is 5.96 Å². The summed E-state index contributed by atoms with van der Waals surface area (Å²) in [6.45, 7) is 5.72. The fourth-order valence-corrected chi connectivity index (χ4v) is 3.61. The van der Waals surface area contributed by atoms with Crippen LogP contribution in [0.3, 0.4) is 0 Å². The van der Waals surface area contributed by atoms with Crippen LogP contribution in [-0.4, -0.2) is 29.3 Å². The molecule has 3 aromatic rings. The second-order valence-electron chi connectivity index (χ2n) is 6.08. The molecule has 6 heteroatoms. The summed E-state index contributed by atoms with van der Waals surface area (Å²) in [6, 6.07) is 14.5. The highest BCUT2D eigenvalue weighted by Gasteiger charge is 2.13. The Hall–Kier alpha value is -2.60. The van der Waals surface area contributed by atoms with E-state index in [-0.39, 0.29) is 0 Å². The maximum Gasteiger partial charge on any atom is 0.191 e. The molecule has 2 aromatic heterocycles. The fourth-order valence-electron chi connectivity index (χ4n) is 2.90. The van der Waals surface area contributed by atoms with Crippen LogP contribution >= 0.6 is 11.3 Å². The molecular formula is C20H25N5S. The van der Waals surface area contributed by atoms with Crippen molar-refractivity contribution in [1.29, 1.82) is 0 Å². The van der Waals surface area contributed by atoms with Crippen molar-refractivity contribution in [1.82, 2.24) is 20.4 Å². The molecule has 0 radical (unpaired) electrons. The molecule has 5 nitrogen and oxygen atoms in total. The normalized spacial score (nSPS) is 11.6. The van der Waals surface area contributed by atoms with E-state index in [1.165, 1.54) is 10.4 Å². The second kappa shape index (κ2) is 8.67. The molecule has 2 N–H and O–H groups in total. The first-order chi connectivity index (χ1) is 12.7. The van der Waals surface area contributed by atoms with Gasteiger partial charge in [-0.05, 0) is 43.8 Å². The summed E-state index contributed by atoms with van der Waals surface area (Å²) in [5.74, 6) is 0.813. The Morgan fingerprint density at radius 1 is 1.12 bits per heavy atom. The molecule has 0 aliphatic rings. The van der Waals surface area contributed by atoms with E-state index in [2.05, 4.69) is 59.1 Å². The molecule has 2 heterocycles. The van der Waals surface area contributed by atoms with Gasteiger partial charge < -0.3 is 10.6 Å². The summed E-state index contributed by atoms with van der Waals surface area (Å²) in [4.78, 5) is 5.70. The maximum atomic E-state index is 4.70. The Morgan fingerprint density at radius 2 is 1.92 bits per heavy atom. The van der Waals surface area contributed by atoms with Crippen molar-refractivity contribution in [2.45, 2.75) is 26.8 Å². The predicted octanol–water partition coefficient (Wildman–Crippen LogP) is 3.46. The molecule has 0 aliphatic carbocycles. The lowest BCUT2D eigenvalue weighted by Gasteiger charge is -2.12. The Kier molecular flexibility index (Phi) is 6.07. The van der Waals surface area contributed by atoms with Gasteiger partial charge in [-0.1, -0.05) is 24.3 Å². The molecule has 0 unspecified atom stereocenters. The predicted molar refractivity (Wildman–Crippen MR) is 109 cm³/mol. The lowest BCUT2D eigenvalue weighted by Crippen LogP contribution is -2.38. The van der Waals surface area contributed by atoms with Crippen molar-refractivity contribution in [2.24, 2.45) is 4.99 Å². The minimum absolute atomic E-state index is 0.698. The van der Waals surface area contributed by atoms with Gasteiger partial charge in [-0.25, -0.2) is 4.68 Å². The highest BCUT2D eigenvalue weighted by Crippen LogP contribution is 2.17. The number of nitrogens with zero attached hydrogens (tertiary/aromatic N) is 3. The van der Waals surface area contributed by atoms with E-state index in [0.717, 1.165) is 36.0 Å². The van der Waals surface area contributed by atoms with Gasteiger partial charge in [0.1, 0.15) is 0 Å².